The van der Waals surface area contributed by atoms with E-state index >= 15 is 0 Å². The number of aromatic nitrogens is 1. The number of benzene rings is 1. The fraction of sp³-hybridized carbons (Fsp3) is 0. The minimum atomic E-state index is -1.03. The van der Waals surface area contributed by atoms with Gasteiger partial charge in [-0.15, -0.1) is 0 Å². The first-order valence-corrected chi connectivity index (χ1v) is 6.36. The second-order valence-corrected chi connectivity index (χ2v) is 4.67. The molecule has 0 aliphatic heterocycles. The molecule has 102 valence electrons. The Labute approximate surface area is 123 Å². The normalized spacial score (nSPS) is 9.85. The van der Waals surface area contributed by atoms with E-state index in [9.17, 15) is 9.59 Å². The Bertz CT molecular complexity index is 647. The number of carbonyl (C=O) groups is 2. The molecule has 0 unspecified atom stereocenters. The van der Waals surface area contributed by atoms with Crippen LogP contribution in [0.2, 0.25) is 0 Å². The van der Waals surface area contributed by atoms with E-state index < -0.39 is 12.0 Å². The number of carboxylic acid groups (broad SMARTS) is 1. The van der Waals surface area contributed by atoms with Crippen LogP contribution in [0.1, 0.15) is 10.4 Å². The van der Waals surface area contributed by atoms with Gasteiger partial charge in [0.1, 0.15) is 0 Å². The van der Waals surface area contributed by atoms with Crippen molar-refractivity contribution in [3.8, 4) is 0 Å². The number of nitrogens with one attached hydrogen (secondary N) is 2. The maximum absolute atomic E-state index is 11.8. The van der Waals surface area contributed by atoms with Gasteiger partial charge in [-0.05, 0) is 46.3 Å². The average molecular weight is 336 g/mol. The summed E-state index contributed by atoms with van der Waals surface area (Å²) in [6, 6.07) is 7.30. The average Bonchev–Trinajstić information content (AvgIpc) is 2.42. The van der Waals surface area contributed by atoms with Crippen LogP contribution in [0.3, 0.4) is 0 Å². The van der Waals surface area contributed by atoms with Crippen molar-refractivity contribution in [3.05, 3.63) is 52.8 Å². The van der Waals surface area contributed by atoms with E-state index in [1.165, 1.54) is 24.4 Å². The molecule has 0 aliphatic rings. The van der Waals surface area contributed by atoms with Gasteiger partial charge in [0.15, 0.2) is 0 Å². The summed E-state index contributed by atoms with van der Waals surface area (Å²) in [4.78, 5) is 26.4. The molecule has 2 rings (SSSR count). The Kier molecular flexibility index (Phi) is 4.31. The van der Waals surface area contributed by atoms with Crippen LogP contribution in [-0.2, 0) is 0 Å². The molecule has 0 fully saturated rings. The number of halogens is 1. The molecule has 1 aromatic heterocycles. The topological polar surface area (TPSA) is 91.3 Å². The van der Waals surface area contributed by atoms with Gasteiger partial charge in [-0.25, -0.2) is 9.59 Å². The van der Waals surface area contributed by atoms with Crippen LogP contribution in [0.4, 0.5) is 16.2 Å². The molecule has 0 saturated carbocycles. The van der Waals surface area contributed by atoms with Crippen molar-refractivity contribution < 1.29 is 14.7 Å². The predicted molar refractivity (Wildman–Crippen MR) is 78.0 cm³/mol. The molecule has 6 nitrogen and oxygen atoms in total. The van der Waals surface area contributed by atoms with Crippen molar-refractivity contribution in [2.75, 3.05) is 10.6 Å². The van der Waals surface area contributed by atoms with Gasteiger partial charge >= 0.3 is 12.0 Å². The number of nitrogens with zero attached hydrogens (tertiary/aromatic N) is 1. The summed E-state index contributed by atoms with van der Waals surface area (Å²) in [7, 11) is 0. The summed E-state index contributed by atoms with van der Waals surface area (Å²) >= 11 is 3.21. The van der Waals surface area contributed by atoms with Crippen LogP contribution in [0.5, 0.6) is 0 Å². The van der Waals surface area contributed by atoms with Gasteiger partial charge in [-0.3, -0.25) is 4.98 Å². The number of hydrogen-bond acceptors (Lipinski definition) is 3. The molecule has 0 aliphatic carbocycles. The molecule has 0 radical (unpaired) electrons. The number of carboxylic acids is 1. The third-order valence-corrected chi connectivity index (χ3v) is 3.04. The lowest BCUT2D eigenvalue weighted by molar-refractivity contribution is 0.0697. The molecule has 1 heterocycles. The zero-order valence-electron chi connectivity index (χ0n) is 10.1. The molecule has 0 spiro atoms. The molecular weight excluding hydrogens is 326 g/mol. The molecule has 0 atom stereocenters. The van der Waals surface area contributed by atoms with Gasteiger partial charge in [0, 0.05) is 10.7 Å². The molecule has 0 bridgehead atoms. The number of anilines is 2. The Morgan fingerprint density at radius 1 is 1.20 bits per heavy atom. The van der Waals surface area contributed by atoms with Gasteiger partial charge in [-0.1, -0.05) is 0 Å². The van der Waals surface area contributed by atoms with Gasteiger partial charge in [-0.2, -0.15) is 0 Å². The van der Waals surface area contributed by atoms with E-state index in [4.69, 9.17) is 5.11 Å². The van der Waals surface area contributed by atoms with E-state index in [2.05, 4.69) is 31.5 Å². The van der Waals surface area contributed by atoms with Crippen LogP contribution >= 0.6 is 15.9 Å². The quantitative estimate of drug-likeness (QED) is 0.803. The van der Waals surface area contributed by atoms with Gasteiger partial charge in [0.2, 0.25) is 0 Å². The van der Waals surface area contributed by atoms with Crippen LogP contribution in [0, 0.1) is 0 Å². The van der Waals surface area contributed by atoms with Gasteiger partial charge in [0.25, 0.3) is 0 Å². The lowest BCUT2D eigenvalue weighted by Gasteiger charge is -2.09. The fourth-order valence-electron chi connectivity index (χ4n) is 1.47. The molecule has 1 aromatic carbocycles. The Hall–Kier alpha value is -2.41. The SMILES string of the molecule is O=C(Nc1cccnc1)Nc1ccc(C(=O)O)cc1Br. The summed E-state index contributed by atoms with van der Waals surface area (Å²) < 4.78 is 0.485. The molecule has 2 amide bonds. The highest BCUT2D eigenvalue weighted by molar-refractivity contribution is 9.10. The molecular formula is C13H10BrN3O3. The summed E-state index contributed by atoms with van der Waals surface area (Å²) in [5.74, 6) is -1.03. The minimum absolute atomic E-state index is 0.134. The highest BCUT2D eigenvalue weighted by Crippen LogP contribution is 2.23. The monoisotopic (exact) mass is 335 g/mol. The fourth-order valence-corrected chi connectivity index (χ4v) is 1.95. The smallest absolute Gasteiger partial charge is 0.335 e. The first-order chi connectivity index (χ1) is 9.56. The van der Waals surface area contributed by atoms with Gasteiger partial charge in [0.05, 0.1) is 23.1 Å². The van der Waals surface area contributed by atoms with Crippen molar-refractivity contribution in [1.82, 2.24) is 4.98 Å². The van der Waals surface area contributed by atoms with Crippen LogP contribution in [-0.4, -0.2) is 22.1 Å². The summed E-state index contributed by atoms with van der Waals surface area (Å²) in [6.07, 6.45) is 3.12. The number of carbonyl (C=O) groups excluding carboxylic acids is 1. The second-order valence-electron chi connectivity index (χ2n) is 3.82. The number of pyridine rings is 1. The Morgan fingerprint density at radius 3 is 2.60 bits per heavy atom. The first kappa shape index (κ1) is 14.0. The number of hydrogen-bond donors (Lipinski definition) is 3. The molecule has 0 saturated heterocycles. The summed E-state index contributed by atoms with van der Waals surface area (Å²) in [5, 5.41) is 14.1. The van der Waals surface area contributed by atoms with Crippen molar-refractivity contribution in [3.63, 3.8) is 0 Å². The zero-order chi connectivity index (χ0) is 14.5. The highest BCUT2D eigenvalue weighted by Gasteiger charge is 2.09. The lowest BCUT2D eigenvalue weighted by Crippen LogP contribution is -2.19. The van der Waals surface area contributed by atoms with Crippen molar-refractivity contribution in [2.24, 2.45) is 0 Å². The largest absolute Gasteiger partial charge is 0.478 e. The number of rotatable bonds is 3. The number of amides is 2. The Morgan fingerprint density at radius 2 is 2.00 bits per heavy atom. The van der Waals surface area contributed by atoms with Crippen molar-refractivity contribution in [1.29, 1.82) is 0 Å². The van der Waals surface area contributed by atoms with Crippen LogP contribution in [0.15, 0.2) is 47.2 Å². The maximum Gasteiger partial charge on any atom is 0.335 e. The molecule has 20 heavy (non-hydrogen) atoms. The van der Waals surface area contributed by atoms with Gasteiger partial charge < -0.3 is 15.7 Å². The lowest BCUT2D eigenvalue weighted by atomic mass is 10.2. The standard InChI is InChI=1S/C13H10BrN3O3/c14-10-6-8(12(18)19)3-4-11(10)17-13(20)16-9-2-1-5-15-7-9/h1-7H,(H,18,19)(H2,16,17,20). The van der Waals surface area contributed by atoms with E-state index in [-0.39, 0.29) is 5.56 Å². The van der Waals surface area contributed by atoms with Crippen molar-refractivity contribution in [2.45, 2.75) is 0 Å². The second kappa shape index (κ2) is 6.16. The van der Waals surface area contributed by atoms with Crippen LogP contribution < -0.4 is 10.6 Å². The summed E-state index contributed by atoms with van der Waals surface area (Å²) in [6.45, 7) is 0. The van der Waals surface area contributed by atoms with E-state index in [1.54, 1.807) is 18.3 Å². The molecule has 7 heteroatoms. The minimum Gasteiger partial charge on any atom is -0.478 e. The van der Waals surface area contributed by atoms with E-state index in [1.807, 2.05) is 0 Å². The first-order valence-electron chi connectivity index (χ1n) is 5.57. The van der Waals surface area contributed by atoms with Crippen LogP contribution in [0.25, 0.3) is 0 Å². The van der Waals surface area contributed by atoms with Crippen molar-refractivity contribution >= 4 is 39.3 Å². The maximum atomic E-state index is 11.8. The van der Waals surface area contributed by atoms with E-state index in [0.717, 1.165) is 0 Å². The summed E-state index contributed by atoms with van der Waals surface area (Å²) in [5.41, 5.74) is 1.16. The molecule has 3 N–H and O–H groups in total. The number of aromatic carboxylic acids is 1. The highest BCUT2D eigenvalue weighted by atomic mass is 79.9. The zero-order valence-corrected chi connectivity index (χ0v) is 11.7. The van der Waals surface area contributed by atoms with E-state index in [0.29, 0.717) is 15.8 Å². The molecule has 2 aromatic rings. The third kappa shape index (κ3) is 3.55. The third-order valence-electron chi connectivity index (χ3n) is 2.38. The Balaban J connectivity index is 2.06. The predicted octanol–water partition coefficient (Wildman–Crippen LogP) is 3.19. The number of urea groups is 1.